The highest BCUT2D eigenvalue weighted by Crippen LogP contribution is 2.23. The number of hydrogen-bond acceptors (Lipinski definition) is 6. The van der Waals surface area contributed by atoms with Gasteiger partial charge >= 0.3 is 0 Å². The lowest BCUT2D eigenvalue weighted by Gasteiger charge is -2.13. The quantitative estimate of drug-likeness (QED) is 0.329. The van der Waals surface area contributed by atoms with Gasteiger partial charge in [0.25, 0.3) is 17.7 Å². The highest BCUT2D eigenvalue weighted by molar-refractivity contribution is 7.90. The van der Waals surface area contributed by atoms with Gasteiger partial charge in [-0.25, -0.2) is 8.42 Å². The summed E-state index contributed by atoms with van der Waals surface area (Å²) in [6, 6.07) is 26.6. The van der Waals surface area contributed by atoms with Gasteiger partial charge in [-0.3, -0.25) is 19.7 Å². The molecule has 0 fully saturated rings. The molecule has 8 nitrogen and oxygen atoms in total. The number of amides is 3. The molecule has 1 aliphatic rings. The molecule has 1 heterocycles. The molecule has 0 saturated heterocycles. The minimum absolute atomic E-state index is 0.131. The van der Waals surface area contributed by atoms with Crippen molar-refractivity contribution >= 4 is 33.2 Å². The largest absolute Gasteiger partial charge is 0.489 e. The lowest BCUT2D eigenvalue weighted by molar-refractivity contribution is 0.0879. The maximum Gasteiger partial charge on any atom is 0.258 e. The molecule has 1 aliphatic heterocycles. The normalized spacial score (nSPS) is 12.5. The third kappa shape index (κ3) is 5.33. The molecule has 190 valence electrons. The zero-order valence-electron chi connectivity index (χ0n) is 20.0. The first-order chi connectivity index (χ1) is 18.3. The molecule has 9 heteroatoms. The van der Waals surface area contributed by atoms with Crippen molar-refractivity contribution in [2.45, 2.75) is 17.3 Å². The third-order valence-corrected chi connectivity index (χ3v) is 7.73. The fourth-order valence-corrected chi connectivity index (χ4v) is 5.52. The summed E-state index contributed by atoms with van der Waals surface area (Å²) in [6.45, 7) is 0.131. The predicted octanol–water partition coefficient (Wildman–Crippen LogP) is 4.38. The van der Waals surface area contributed by atoms with Crippen molar-refractivity contribution < 1.29 is 27.5 Å². The Labute approximate surface area is 219 Å². The van der Waals surface area contributed by atoms with Gasteiger partial charge in [0.1, 0.15) is 12.4 Å². The zero-order valence-corrected chi connectivity index (χ0v) is 20.8. The number of hydrogen-bond donors (Lipinski definition) is 2. The van der Waals surface area contributed by atoms with Crippen LogP contribution in [0.4, 0.5) is 5.69 Å². The van der Waals surface area contributed by atoms with E-state index in [0.717, 1.165) is 5.56 Å². The molecule has 0 saturated carbocycles. The molecular weight excluding hydrogens is 504 g/mol. The molecule has 0 bridgehead atoms. The van der Waals surface area contributed by atoms with Gasteiger partial charge in [0.2, 0.25) is 0 Å². The van der Waals surface area contributed by atoms with Crippen LogP contribution in [-0.2, 0) is 22.2 Å². The molecule has 0 aromatic heterocycles. The number of ether oxygens (including phenoxy) is 1. The van der Waals surface area contributed by atoms with Crippen LogP contribution in [0.2, 0.25) is 0 Å². The van der Waals surface area contributed by atoms with Gasteiger partial charge in [0.05, 0.1) is 21.8 Å². The number of carbonyl (C=O) groups excluding carboxylic acids is 3. The summed E-state index contributed by atoms with van der Waals surface area (Å²) in [7, 11) is -3.52. The lowest BCUT2D eigenvalue weighted by Crippen LogP contribution is -2.19. The Kier molecular flexibility index (Phi) is 6.76. The van der Waals surface area contributed by atoms with Crippen molar-refractivity contribution in [2.75, 3.05) is 5.32 Å². The number of sulfone groups is 1. The standard InChI is InChI=1S/C29H22N2O6S/c32-27(19-13-14-25-26(15-19)29(34)31-28(25)33)30-22-9-6-10-23(16-22)37-17-20-7-4-5-8-21(20)18-38(35,36)24-11-2-1-3-12-24/h1-16H,17-18H2,(H,30,32)(H,31,33,34). The third-order valence-electron chi connectivity index (χ3n) is 6.05. The fraction of sp³-hybridized carbons (Fsp3) is 0.0690. The van der Waals surface area contributed by atoms with E-state index in [9.17, 15) is 22.8 Å². The van der Waals surface area contributed by atoms with Crippen LogP contribution < -0.4 is 15.4 Å². The Bertz CT molecular complexity index is 1670. The molecular formula is C29H22N2O6S. The summed E-state index contributed by atoms with van der Waals surface area (Å²) < 4.78 is 31.7. The highest BCUT2D eigenvalue weighted by atomic mass is 32.2. The summed E-state index contributed by atoms with van der Waals surface area (Å²) in [6.07, 6.45) is 0. The number of benzene rings is 4. The van der Waals surface area contributed by atoms with Crippen LogP contribution in [0, 0.1) is 0 Å². The Balaban J connectivity index is 1.27. The van der Waals surface area contributed by atoms with E-state index in [1.54, 1.807) is 66.7 Å². The Morgan fingerprint density at radius 1 is 0.763 bits per heavy atom. The molecule has 2 N–H and O–H groups in total. The monoisotopic (exact) mass is 526 g/mol. The average molecular weight is 527 g/mol. The van der Waals surface area contributed by atoms with Crippen molar-refractivity contribution in [1.29, 1.82) is 0 Å². The number of carbonyl (C=O) groups is 3. The minimum atomic E-state index is -3.52. The fourth-order valence-electron chi connectivity index (χ4n) is 4.09. The van der Waals surface area contributed by atoms with E-state index in [1.807, 2.05) is 12.1 Å². The van der Waals surface area contributed by atoms with E-state index < -0.39 is 27.6 Å². The van der Waals surface area contributed by atoms with Crippen molar-refractivity contribution in [3.8, 4) is 5.75 Å². The van der Waals surface area contributed by atoms with Crippen molar-refractivity contribution in [3.63, 3.8) is 0 Å². The maximum atomic E-state index is 12.9. The average Bonchev–Trinajstić information content (AvgIpc) is 3.21. The molecule has 5 rings (SSSR count). The molecule has 4 aromatic carbocycles. The predicted molar refractivity (Wildman–Crippen MR) is 141 cm³/mol. The molecule has 0 unspecified atom stereocenters. The first-order valence-electron chi connectivity index (χ1n) is 11.7. The topological polar surface area (TPSA) is 119 Å². The molecule has 0 spiro atoms. The van der Waals surface area contributed by atoms with Gasteiger partial charge in [-0.05, 0) is 53.6 Å². The van der Waals surface area contributed by atoms with E-state index in [2.05, 4.69) is 10.6 Å². The number of imide groups is 1. The van der Waals surface area contributed by atoms with Crippen molar-refractivity contribution in [3.05, 3.63) is 125 Å². The second-order valence-electron chi connectivity index (χ2n) is 8.66. The summed E-state index contributed by atoms with van der Waals surface area (Å²) in [5.41, 5.74) is 2.46. The summed E-state index contributed by atoms with van der Waals surface area (Å²) >= 11 is 0. The van der Waals surface area contributed by atoms with Gasteiger partial charge in [-0.2, -0.15) is 0 Å². The SMILES string of the molecule is O=C(Nc1cccc(OCc2ccccc2CS(=O)(=O)c2ccccc2)c1)c1ccc2c(c1)C(=O)NC2=O. The van der Waals surface area contributed by atoms with Gasteiger partial charge in [-0.1, -0.05) is 48.5 Å². The van der Waals surface area contributed by atoms with Gasteiger partial charge in [-0.15, -0.1) is 0 Å². The molecule has 38 heavy (non-hydrogen) atoms. The van der Waals surface area contributed by atoms with Crippen LogP contribution in [-0.4, -0.2) is 26.1 Å². The summed E-state index contributed by atoms with van der Waals surface area (Å²) in [4.78, 5) is 36.7. The van der Waals surface area contributed by atoms with Gasteiger partial charge < -0.3 is 10.1 Å². The molecule has 0 atom stereocenters. The maximum absolute atomic E-state index is 12.9. The van der Waals surface area contributed by atoms with E-state index in [4.69, 9.17) is 4.74 Å². The van der Waals surface area contributed by atoms with E-state index >= 15 is 0 Å². The smallest absolute Gasteiger partial charge is 0.258 e. The van der Waals surface area contributed by atoms with E-state index in [-0.39, 0.29) is 33.9 Å². The van der Waals surface area contributed by atoms with Crippen LogP contribution >= 0.6 is 0 Å². The van der Waals surface area contributed by atoms with Crippen LogP contribution in [0.15, 0.2) is 102 Å². The van der Waals surface area contributed by atoms with Crippen LogP contribution in [0.5, 0.6) is 5.75 Å². The minimum Gasteiger partial charge on any atom is -0.489 e. The number of anilines is 1. The van der Waals surface area contributed by atoms with Crippen molar-refractivity contribution in [2.24, 2.45) is 0 Å². The van der Waals surface area contributed by atoms with Crippen molar-refractivity contribution in [1.82, 2.24) is 5.32 Å². The second kappa shape index (κ2) is 10.3. The van der Waals surface area contributed by atoms with E-state index in [1.165, 1.54) is 18.2 Å². The molecule has 0 radical (unpaired) electrons. The molecule has 4 aromatic rings. The lowest BCUT2D eigenvalue weighted by atomic mass is 10.1. The Morgan fingerprint density at radius 2 is 1.47 bits per heavy atom. The molecule has 3 amide bonds. The molecule has 0 aliphatic carbocycles. The Hall–Kier alpha value is -4.76. The highest BCUT2D eigenvalue weighted by Gasteiger charge is 2.27. The van der Waals surface area contributed by atoms with Crippen LogP contribution in [0.3, 0.4) is 0 Å². The van der Waals surface area contributed by atoms with E-state index in [0.29, 0.717) is 17.0 Å². The van der Waals surface area contributed by atoms with Gasteiger partial charge in [0, 0.05) is 17.3 Å². The zero-order chi connectivity index (χ0) is 26.7. The van der Waals surface area contributed by atoms with Crippen LogP contribution in [0.25, 0.3) is 0 Å². The van der Waals surface area contributed by atoms with Gasteiger partial charge in [0.15, 0.2) is 9.84 Å². The number of fused-ring (bicyclic) bond motifs is 1. The second-order valence-corrected chi connectivity index (χ2v) is 10.6. The van der Waals surface area contributed by atoms with Crippen LogP contribution in [0.1, 0.15) is 42.2 Å². The Morgan fingerprint density at radius 3 is 2.26 bits per heavy atom. The number of nitrogens with one attached hydrogen (secondary N) is 2. The first kappa shape index (κ1) is 24.9. The number of rotatable bonds is 8. The summed E-state index contributed by atoms with van der Waals surface area (Å²) in [5.74, 6) is -1.15. The summed E-state index contributed by atoms with van der Waals surface area (Å²) in [5, 5.41) is 4.96. The first-order valence-corrected chi connectivity index (χ1v) is 13.3.